The monoisotopic (exact) mass is 421 g/mol. The number of ketones is 2. The number of hydrogen-bond acceptors (Lipinski definition) is 5. The lowest BCUT2D eigenvalue weighted by Gasteiger charge is -2.18. The van der Waals surface area contributed by atoms with Crippen LogP contribution < -0.4 is 5.56 Å². The predicted octanol–water partition coefficient (Wildman–Crippen LogP) is 3.57. The largest absolute Gasteiger partial charge is 0.418 e. The quantitative estimate of drug-likeness (QED) is 0.413. The lowest BCUT2D eigenvalue weighted by atomic mass is 9.83. The molecule has 5 rings (SSSR count). The molecule has 0 saturated carbocycles. The van der Waals surface area contributed by atoms with Crippen LogP contribution in [0.5, 0.6) is 0 Å². The van der Waals surface area contributed by atoms with Crippen LogP contribution in [0.2, 0.25) is 0 Å². The van der Waals surface area contributed by atoms with Crippen LogP contribution in [0.25, 0.3) is 16.6 Å². The number of halogens is 3. The van der Waals surface area contributed by atoms with Crippen molar-refractivity contribution in [3.63, 3.8) is 0 Å². The average Bonchev–Trinajstić information content (AvgIpc) is 2.76. The normalized spacial score (nSPS) is 13.3. The molecular formula is C22H10F3N3O3. The van der Waals surface area contributed by atoms with Gasteiger partial charge < -0.3 is 0 Å². The molecule has 0 spiro atoms. The summed E-state index contributed by atoms with van der Waals surface area (Å²) in [4.78, 5) is 38.9. The Morgan fingerprint density at radius 2 is 1.39 bits per heavy atom. The summed E-state index contributed by atoms with van der Waals surface area (Å²) in [5, 5.41) is 7.43. The SMILES string of the molecule is O=C1c2ccccc2C(=O)c2c1ccc1c(=O)n(-c3ccccc3C(F)(F)F)nnc21. The third-order valence-electron chi connectivity index (χ3n) is 5.16. The fourth-order valence-electron chi connectivity index (χ4n) is 3.75. The van der Waals surface area contributed by atoms with Crippen molar-refractivity contribution in [2.24, 2.45) is 0 Å². The molecule has 152 valence electrons. The Bertz CT molecular complexity index is 1490. The van der Waals surface area contributed by atoms with E-state index in [1.165, 1.54) is 36.4 Å². The highest BCUT2D eigenvalue weighted by atomic mass is 19.4. The first-order valence-corrected chi connectivity index (χ1v) is 9.07. The molecule has 0 radical (unpaired) electrons. The van der Waals surface area contributed by atoms with Crippen LogP contribution in [-0.4, -0.2) is 26.6 Å². The molecule has 0 N–H and O–H groups in total. The highest BCUT2D eigenvalue weighted by Gasteiger charge is 2.35. The fourth-order valence-corrected chi connectivity index (χ4v) is 3.75. The van der Waals surface area contributed by atoms with Gasteiger partial charge in [-0.2, -0.15) is 17.9 Å². The molecule has 0 bridgehead atoms. The van der Waals surface area contributed by atoms with Crippen LogP contribution in [0.4, 0.5) is 13.2 Å². The number of rotatable bonds is 1. The van der Waals surface area contributed by atoms with Gasteiger partial charge in [-0.1, -0.05) is 41.6 Å². The van der Waals surface area contributed by atoms with E-state index in [1.54, 1.807) is 12.1 Å². The first kappa shape index (κ1) is 18.9. The zero-order valence-electron chi connectivity index (χ0n) is 15.5. The first-order valence-electron chi connectivity index (χ1n) is 9.07. The van der Waals surface area contributed by atoms with Crippen molar-refractivity contribution >= 4 is 22.5 Å². The van der Waals surface area contributed by atoms with E-state index < -0.39 is 34.6 Å². The Hall–Kier alpha value is -4.14. The Balaban J connectivity index is 1.78. The highest BCUT2D eigenvalue weighted by Crippen LogP contribution is 2.34. The lowest BCUT2D eigenvalue weighted by molar-refractivity contribution is -0.137. The molecular weight excluding hydrogens is 411 g/mol. The van der Waals surface area contributed by atoms with Crippen LogP contribution in [0, 0.1) is 0 Å². The molecule has 1 aromatic heterocycles. The molecule has 0 atom stereocenters. The highest BCUT2D eigenvalue weighted by molar-refractivity contribution is 6.31. The maximum atomic E-state index is 13.4. The van der Waals surface area contributed by atoms with Crippen molar-refractivity contribution in [3.05, 3.63) is 98.8 Å². The molecule has 0 fully saturated rings. The van der Waals surface area contributed by atoms with Crippen molar-refractivity contribution in [2.45, 2.75) is 6.18 Å². The van der Waals surface area contributed by atoms with Crippen LogP contribution in [0.3, 0.4) is 0 Å². The number of carbonyl (C=O) groups is 2. The standard InChI is InChI=1S/C22H10F3N3O3/c23-22(24,25)15-7-3-4-8-16(15)28-21(31)14-10-9-13-17(18(14)26-27-28)20(30)12-6-2-1-5-11(12)19(13)29/h1-10H. The van der Waals surface area contributed by atoms with Crippen LogP contribution in [-0.2, 0) is 6.18 Å². The molecule has 3 aromatic carbocycles. The minimum atomic E-state index is -4.71. The molecule has 0 saturated heterocycles. The molecule has 9 heteroatoms. The summed E-state index contributed by atoms with van der Waals surface area (Å²) < 4.78 is 40.7. The Morgan fingerprint density at radius 1 is 0.742 bits per heavy atom. The summed E-state index contributed by atoms with van der Waals surface area (Å²) >= 11 is 0. The van der Waals surface area contributed by atoms with E-state index in [4.69, 9.17) is 0 Å². The van der Waals surface area contributed by atoms with Crippen LogP contribution in [0.1, 0.15) is 37.4 Å². The number of para-hydroxylation sites is 1. The number of carbonyl (C=O) groups excluding carboxylic acids is 2. The Morgan fingerprint density at radius 3 is 2.10 bits per heavy atom. The second-order valence-electron chi connectivity index (χ2n) is 6.91. The third kappa shape index (κ3) is 2.70. The van der Waals surface area contributed by atoms with Gasteiger partial charge in [0.15, 0.2) is 11.6 Å². The molecule has 4 aromatic rings. The van der Waals surface area contributed by atoms with Gasteiger partial charge in [0.2, 0.25) is 0 Å². The number of fused-ring (bicyclic) bond motifs is 4. The average molecular weight is 421 g/mol. The van der Waals surface area contributed by atoms with E-state index >= 15 is 0 Å². The topological polar surface area (TPSA) is 81.9 Å². The zero-order valence-corrected chi connectivity index (χ0v) is 15.5. The molecule has 0 amide bonds. The minimum Gasteiger partial charge on any atom is -0.289 e. The van der Waals surface area contributed by atoms with Crippen LogP contribution >= 0.6 is 0 Å². The minimum absolute atomic E-state index is 0.0679. The van der Waals surface area contributed by atoms with E-state index in [2.05, 4.69) is 10.3 Å². The van der Waals surface area contributed by atoms with Gasteiger partial charge in [-0.05, 0) is 24.3 Å². The van der Waals surface area contributed by atoms with Gasteiger partial charge in [0.1, 0.15) is 5.52 Å². The molecule has 1 heterocycles. The van der Waals surface area contributed by atoms with Crippen molar-refractivity contribution in [1.29, 1.82) is 0 Å². The maximum Gasteiger partial charge on any atom is 0.418 e. The maximum absolute atomic E-state index is 13.4. The molecule has 6 nitrogen and oxygen atoms in total. The summed E-state index contributed by atoms with van der Waals surface area (Å²) in [7, 11) is 0. The van der Waals surface area contributed by atoms with Crippen LogP contribution in [0.15, 0.2) is 65.5 Å². The number of aromatic nitrogens is 3. The second-order valence-corrected chi connectivity index (χ2v) is 6.91. The zero-order chi connectivity index (χ0) is 21.9. The van der Waals surface area contributed by atoms with Gasteiger partial charge in [0.25, 0.3) is 5.56 Å². The molecule has 0 aliphatic heterocycles. The van der Waals surface area contributed by atoms with E-state index in [-0.39, 0.29) is 33.2 Å². The lowest BCUT2D eigenvalue weighted by Crippen LogP contribution is -2.28. The van der Waals surface area contributed by atoms with E-state index in [0.717, 1.165) is 12.1 Å². The molecule has 1 aliphatic carbocycles. The molecule has 31 heavy (non-hydrogen) atoms. The van der Waals surface area contributed by atoms with Crippen molar-refractivity contribution in [1.82, 2.24) is 15.0 Å². The number of alkyl halides is 3. The summed E-state index contributed by atoms with van der Waals surface area (Å²) in [6.07, 6.45) is -4.71. The summed E-state index contributed by atoms with van der Waals surface area (Å²) in [5.41, 5.74) is -2.16. The Kier molecular flexibility index (Phi) is 3.91. The van der Waals surface area contributed by atoms with Gasteiger partial charge >= 0.3 is 6.18 Å². The van der Waals surface area contributed by atoms with E-state index in [0.29, 0.717) is 4.68 Å². The van der Waals surface area contributed by atoms with Crippen molar-refractivity contribution < 1.29 is 22.8 Å². The summed E-state index contributed by atoms with van der Waals surface area (Å²) in [6, 6.07) is 13.3. The molecule has 1 aliphatic rings. The van der Waals surface area contributed by atoms with E-state index in [1.807, 2.05) is 0 Å². The molecule has 0 unspecified atom stereocenters. The summed E-state index contributed by atoms with van der Waals surface area (Å²) in [5.74, 6) is -0.904. The van der Waals surface area contributed by atoms with Crippen molar-refractivity contribution in [2.75, 3.05) is 0 Å². The third-order valence-corrected chi connectivity index (χ3v) is 5.16. The van der Waals surface area contributed by atoms with Gasteiger partial charge in [0.05, 0.1) is 22.2 Å². The van der Waals surface area contributed by atoms with E-state index in [9.17, 15) is 27.6 Å². The van der Waals surface area contributed by atoms with Gasteiger partial charge in [0, 0.05) is 16.7 Å². The van der Waals surface area contributed by atoms with Gasteiger partial charge in [-0.25, -0.2) is 0 Å². The van der Waals surface area contributed by atoms with Crippen molar-refractivity contribution in [3.8, 4) is 5.69 Å². The smallest absolute Gasteiger partial charge is 0.289 e. The number of benzene rings is 3. The predicted molar refractivity (Wildman–Crippen MR) is 103 cm³/mol. The van der Waals surface area contributed by atoms with Gasteiger partial charge in [-0.15, -0.1) is 5.10 Å². The second kappa shape index (κ2) is 6.43. The number of nitrogens with zero attached hydrogens (tertiary/aromatic N) is 3. The first-order chi connectivity index (χ1) is 14.8. The number of hydrogen-bond donors (Lipinski definition) is 0. The Labute approximate surface area is 171 Å². The van der Waals surface area contributed by atoms with Gasteiger partial charge in [-0.3, -0.25) is 14.4 Å². The fraction of sp³-hybridized carbons (Fsp3) is 0.0455. The summed E-state index contributed by atoms with van der Waals surface area (Å²) in [6.45, 7) is 0.